The summed E-state index contributed by atoms with van der Waals surface area (Å²) in [5, 5.41) is 16.3. The minimum absolute atomic E-state index is 0.0869. The summed E-state index contributed by atoms with van der Waals surface area (Å²) in [5.41, 5.74) is 1.72. The topological polar surface area (TPSA) is 92.4 Å². The van der Waals surface area contributed by atoms with E-state index in [1.54, 1.807) is 39.8 Å². The Morgan fingerprint density at radius 1 is 1.02 bits per heavy atom. The van der Waals surface area contributed by atoms with Crippen molar-refractivity contribution in [3.63, 3.8) is 0 Å². The molecular formula is C31H33Cl2N5O3. The van der Waals surface area contributed by atoms with Gasteiger partial charge in [0.05, 0.1) is 17.5 Å². The number of likely N-dealkylation sites (tertiary alicyclic amines) is 1. The van der Waals surface area contributed by atoms with Gasteiger partial charge in [0.2, 0.25) is 0 Å². The molecule has 10 heteroatoms. The third kappa shape index (κ3) is 5.79. The van der Waals surface area contributed by atoms with Crippen LogP contribution in [-0.4, -0.2) is 55.3 Å². The summed E-state index contributed by atoms with van der Waals surface area (Å²) >= 11 is 12.6. The van der Waals surface area contributed by atoms with Crippen LogP contribution in [0.15, 0.2) is 65.7 Å². The predicted octanol–water partition coefficient (Wildman–Crippen LogP) is 5.37. The number of carbonyl (C=O) groups excluding carboxylic acids is 1. The number of fused-ring (bicyclic) bond motifs is 1. The van der Waals surface area contributed by atoms with E-state index < -0.39 is 5.60 Å². The van der Waals surface area contributed by atoms with Gasteiger partial charge in [0.15, 0.2) is 5.65 Å². The number of halogens is 2. The van der Waals surface area contributed by atoms with Crippen molar-refractivity contribution in [2.45, 2.75) is 56.7 Å². The van der Waals surface area contributed by atoms with Gasteiger partial charge >= 0.3 is 0 Å². The van der Waals surface area contributed by atoms with E-state index in [2.05, 4.69) is 22.4 Å². The fourth-order valence-corrected chi connectivity index (χ4v) is 6.40. The molecule has 0 spiro atoms. The van der Waals surface area contributed by atoms with Gasteiger partial charge in [-0.05, 0) is 80.3 Å². The second-order valence-electron chi connectivity index (χ2n) is 11.2. The average Bonchev–Trinajstić information content (AvgIpc) is 3.12. The zero-order chi connectivity index (χ0) is 28.6. The monoisotopic (exact) mass is 593 g/mol. The third-order valence-corrected chi connectivity index (χ3v) is 8.92. The van der Waals surface area contributed by atoms with Crippen molar-refractivity contribution in [1.82, 2.24) is 24.3 Å². The summed E-state index contributed by atoms with van der Waals surface area (Å²) in [6.07, 6.45) is 6.99. The molecule has 0 radical (unpaired) electrons. The van der Waals surface area contributed by atoms with Gasteiger partial charge in [-0.1, -0.05) is 48.2 Å². The quantitative estimate of drug-likeness (QED) is 0.325. The highest BCUT2D eigenvalue weighted by Gasteiger charge is 2.35. The Bertz CT molecular complexity index is 1600. The molecule has 41 heavy (non-hydrogen) atoms. The molecule has 1 unspecified atom stereocenters. The van der Waals surface area contributed by atoms with Crippen LogP contribution in [0.25, 0.3) is 16.7 Å². The molecule has 2 aromatic carbocycles. The van der Waals surface area contributed by atoms with Crippen molar-refractivity contribution in [3.05, 3.63) is 92.6 Å². The lowest BCUT2D eigenvalue weighted by atomic mass is 9.91. The number of piperidine rings is 1. The van der Waals surface area contributed by atoms with E-state index in [-0.39, 0.29) is 18.0 Å². The first-order valence-corrected chi connectivity index (χ1v) is 14.9. The molecule has 2 N–H and O–H groups in total. The highest BCUT2D eigenvalue weighted by molar-refractivity contribution is 6.31. The van der Waals surface area contributed by atoms with Crippen LogP contribution in [0.1, 0.15) is 60.5 Å². The van der Waals surface area contributed by atoms with Crippen molar-refractivity contribution in [1.29, 1.82) is 0 Å². The van der Waals surface area contributed by atoms with Gasteiger partial charge in [0.1, 0.15) is 11.5 Å². The Labute approximate surface area is 248 Å². The lowest BCUT2D eigenvalue weighted by molar-refractivity contribution is -0.0299. The van der Waals surface area contributed by atoms with Crippen molar-refractivity contribution < 1.29 is 9.90 Å². The first-order valence-electron chi connectivity index (χ1n) is 14.2. The summed E-state index contributed by atoms with van der Waals surface area (Å²) in [7, 11) is 0. The minimum Gasteiger partial charge on any atom is -0.388 e. The van der Waals surface area contributed by atoms with Gasteiger partial charge in [0, 0.05) is 35.4 Å². The Balaban J connectivity index is 1.18. The standard InChI is InChI=1S/C31H33Cl2N5O3/c32-23-9-5-22(6-10-23)29(39)36-16-13-31(41,14-17-36)19-37-20-35-28-25(30(37)40)18-27(33)38(28)24-11-7-21(8-12-24)26-4-2-1-3-15-34-26/h5-12,18,20,26,34,41H,1-4,13-17,19H2. The largest absolute Gasteiger partial charge is 0.388 e. The lowest BCUT2D eigenvalue weighted by Crippen LogP contribution is -2.49. The Kier molecular flexibility index (Phi) is 7.92. The van der Waals surface area contributed by atoms with E-state index in [4.69, 9.17) is 23.2 Å². The summed E-state index contributed by atoms with van der Waals surface area (Å²) in [6.45, 7) is 1.89. The molecule has 0 bridgehead atoms. The van der Waals surface area contributed by atoms with Gasteiger partial charge in [-0.25, -0.2) is 4.98 Å². The number of hydrogen-bond acceptors (Lipinski definition) is 5. The maximum Gasteiger partial charge on any atom is 0.262 e. The third-order valence-electron chi connectivity index (χ3n) is 8.39. The number of aliphatic hydroxyl groups is 1. The average molecular weight is 595 g/mol. The van der Waals surface area contributed by atoms with Gasteiger partial charge in [-0.15, -0.1) is 0 Å². The summed E-state index contributed by atoms with van der Waals surface area (Å²) in [4.78, 5) is 32.7. The summed E-state index contributed by atoms with van der Waals surface area (Å²) in [6, 6.07) is 17.0. The first-order chi connectivity index (χ1) is 19.8. The minimum atomic E-state index is -1.13. The Hall–Kier alpha value is -3.17. The van der Waals surface area contributed by atoms with Crippen molar-refractivity contribution in [2.75, 3.05) is 19.6 Å². The molecule has 2 aliphatic heterocycles. The molecule has 4 heterocycles. The predicted molar refractivity (Wildman–Crippen MR) is 161 cm³/mol. The zero-order valence-corrected chi connectivity index (χ0v) is 24.2. The van der Waals surface area contributed by atoms with Gasteiger partial charge in [0.25, 0.3) is 11.5 Å². The molecule has 1 atom stereocenters. The maximum atomic E-state index is 13.5. The molecule has 2 aromatic heterocycles. The SMILES string of the molecule is O=C(c1ccc(Cl)cc1)N1CCC(O)(Cn2cnc3c(cc(Cl)n3-c3ccc(C4CCCCCN4)cc3)c2=O)CC1. The fourth-order valence-electron chi connectivity index (χ4n) is 5.99. The summed E-state index contributed by atoms with van der Waals surface area (Å²) in [5.74, 6) is -0.0986. The number of nitrogens with one attached hydrogen (secondary N) is 1. The van der Waals surface area contributed by atoms with Crippen LogP contribution in [0.4, 0.5) is 0 Å². The van der Waals surface area contributed by atoms with Crippen LogP contribution in [0.2, 0.25) is 10.2 Å². The normalized spacial score (nSPS) is 19.3. The van der Waals surface area contributed by atoms with E-state index in [1.807, 2.05) is 12.1 Å². The molecule has 2 saturated heterocycles. The molecule has 6 rings (SSSR count). The van der Waals surface area contributed by atoms with Gasteiger partial charge < -0.3 is 15.3 Å². The number of nitrogens with zero attached hydrogens (tertiary/aromatic N) is 4. The number of amides is 1. The second kappa shape index (κ2) is 11.6. The Morgan fingerprint density at radius 3 is 2.49 bits per heavy atom. The van der Waals surface area contributed by atoms with Crippen molar-refractivity contribution >= 4 is 40.1 Å². The van der Waals surface area contributed by atoms with Crippen LogP contribution in [0, 0.1) is 0 Å². The molecule has 8 nitrogen and oxygen atoms in total. The van der Waals surface area contributed by atoms with E-state index in [0.29, 0.717) is 58.7 Å². The van der Waals surface area contributed by atoms with Gasteiger partial charge in [-0.3, -0.25) is 18.7 Å². The van der Waals surface area contributed by atoms with E-state index in [9.17, 15) is 14.7 Å². The molecule has 0 aliphatic carbocycles. The summed E-state index contributed by atoms with van der Waals surface area (Å²) < 4.78 is 3.23. The van der Waals surface area contributed by atoms with Crippen molar-refractivity contribution in [2.24, 2.45) is 0 Å². The maximum absolute atomic E-state index is 13.5. The lowest BCUT2D eigenvalue weighted by Gasteiger charge is -2.38. The molecule has 214 valence electrons. The van der Waals surface area contributed by atoms with E-state index in [0.717, 1.165) is 18.7 Å². The van der Waals surface area contributed by atoms with Crippen LogP contribution in [-0.2, 0) is 6.54 Å². The van der Waals surface area contributed by atoms with Crippen LogP contribution in [0.5, 0.6) is 0 Å². The van der Waals surface area contributed by atoms with Crippen LogP contribution < -0.4 is 10.9 Å². The molecule has 2 aliphatic rings. The molecule has 2 fully saturated rings. The highest BCUT2D eigenvalue weighted by atomic mass is 35.5. The fraction of sp³-hybridized carbons (Fsp3) is 0.387. The van der Waals surface area contributed by atoms with Gasteiger partial charge in [-0.2, -0.15) is 0 Å². The molecule has 4 aromatic rings. The number of benzene rings is 2. The first kappa shape index (κ1) is 28.0. The molecule has 0 saturated carbocycles. The Morgan fingerprint density at radius 2 is 1.76 bits per heavy atom. The number of hydrogen-bond donors (Lipinski definition) is 2. The highest BCUT2D eigenvalue weighted by Crippen LogP contribution is 2.29. The number of aromatic nitrogens is 3. The molecule has 1 amide bonds. The van der Waals surface area contributed by atoms with Crippen LogP contribution >= 0.6 is 23.2 Å². The zero-order valence-electron chi connectivity index (χ0n) is 22.7. The number of rotatable bonds is 5. The van der Waals surface area contributed by atoms with Crippen LogP contribution in [0.3, 0.4) is 0 Å². The van der Waals surface area contributed by atoms with Crippen molar-refractivity contribution in [3.8, 4) is 5.69 Å². The molecular weight excluding hydrogens is 561 g/mol. The second-order valence-corrected chi connectivity index (χ2v) is 12.0. The smallest absolute Gasteiger partial charge is 0.262 e. The number of carbonyl (C=O) groups is 1. The van der Waals surface area contributed by atoms with E-state index >= 15 is 0 Å². The van der Waals surface area contributed by atoms with E-state index in [1.165, 1.54) is 35.7 Å².